The quantitative estimate of drug-likeness (QED) is 0.585. The van der Waals surface area contributed by atoms with Crippen LogP contribution in [0.2, 0.25) is 0 Å². The summed E-state index contributed by atoms with van der Waals surface area (Å²) in [6, 6.07) is 22.3. The van der Waals surface area contributed by atoms with Crippen molar-refractivity contribution in [3.63, 3.8) is 0 Å². The number of thioether (sulfide) groups is 1. The number of aryl methyl sites for hydroxylation is 1. The number of aromatic nitrogens is 1. The van der Waals surface area contributed by atoms with Crippen molar-refractivity contribution in [3.8, 4) is 28.5 Å². The van der Waals surface area contributed by atoms with Crippen LogP contribution >= 0.6 is 11.8 Å². The molecule has 0 aliphatic heterocycles. The van der Waals surface area contributed by atoms with E-state index in [4.69, 9.17) is 4.98 Å². The van der Waals surface area contributed by atoms with E-state index in [1.165, 1.54) is 17.3 Å². The minimum absolute atomic E-state index is 0.410. The lowest BCUT2D eigenvalue weighted by Crippen LogP contribution is -1.98. The maximum Gasteiger partial charge on any atom is 0.116 e. The van der Waals surface area contributed by atoms with Gasteiger partial charge in [-0.2, -0.15) is 5.26 Å². The topological polar surface area (TPSA) is 53.8 Å². The van der Waals surface area contributed by atoms with E-state index in [-0.39, 0.29) is 0 Å². The lowest BCUT2D eigenvalue weighted by Gasteiger charge is -2.12. The van der Waals surface area contributed by atoms with Gasteiger partial charge in [-0.05, 0) is 18.6 Å². The van der Waals surface area contributed by atoms with Gasteiger partial charge in [0.25, 0.3) is 0 Å². The summed E-state index contributed by atoms with van der Waals surface area (Å²) in [5, 5.41) is 10.8. The van der Waals surface area contributed by atoms with Gasteiger partial charge in [-0.3, -0.25) is 4.21 Å². The van der Waals surface area contributed by atoms with Crippen LogP contribution in [0, 0.1) is 18.3 Å². The molecule has 0 saturated carbocycles. The van der Waals surface area contributed by atoms with Gasteiger partial charge in [-0.15, -0.1) is 0 Å². The Kier molecular flexibility index (Phi) is 5.87. The Labute approximate surface area is 160 Å². The molecule has 3 aromatic rings. The Morgan fingerprint density at radius 3 is 2.38 bits per heavy atom. The molecule has 0 N–H and O–H groups in total. The van der Waals surface area contributed by atoms with Gasteiger partial charge in [0.1, 0.15) is 11.1 Å². The monoisotopic (exact) mass is 378 g/mol. The van der Waals surface area contributed by atoms with Crippen LogP contribution in [0.3, 0.4) is 0 Å². The van der Waals surface area contributed by atoms with Gasteiger partial charge in [0, 0.05) is 28.2 Å². The van der Waals surface area contributed by atoms with Gasteiger partial charge in [0.15, 0.2) is 0 Å². The van der Waals surface area contributed by atoms with Crippen LogP contribution in [0.15, 0.2) is 65.7 Å². The molecule has 0 saturated heterocycles. The first-order valence-electron chi connectivity index (χ1n) is 8.09. The van der Waals surface area contributed by atoms with Crippen molar-refractivity contribution in [3.05, 3.63) is 71.8 Å². The number of rotatable bonds is 5. The molecule has 3 rings (SSSR count). The number of nitrogens with zero attached hydrogens (tertiary/aromatic N) is 2. The third kappa shape index (κ3) is 4.21. The van der Waals surface area contributed by atoms with Gasteiger partial charge in [-0.1, -0.05) is 71.9 Å². The lowest BCUT2D eigenvalue weighted by molar-refractivity contribution is 0.689. The van der Waals surface area contributed by atoms with E-state index in [9.17, 15) is 9.47 Å². The summed E-state index contributed by atoms with van der Waals surface area (Å²) >= 11 is 1.37. The van der Waals surface area contributed by atoms with Gasteiger partial charge < -0.3 is 0 Å². The van der Waals surface area contributed by atoms with Crippen molar-refractivity contribution in [2.24, 2.45) is 0 Å². The van der Waals surface area contributed by atoms with Crippen molar-refractivity contribution in [2.75, 3.05) is 11.3 Å². The van der Waals surface area contributed by atoms with Crippen molar-refractivity contribution in [2.45, 2.75) is 11.9 Å². The van der Waals surface area contributed by atoms with Crippen LogP contribution < -0.4 is 0 Å². The summed E-state index contributed by atoms with van der Waals surface area (Å²) in [7, 11) is -0.968. The molecule has 1 aromatic heterocycles. The predicted molar refractivity (Wildman–Crippen MR) is 109 cm³/mol. The molecule has 0 aliphatic rings. The highest BCUT2D eigenvalue weighted by Gasteiger charge is 2.16. The number of hydrogen-bond acceptors (Lipinski definition) is 4. The van der Waals surface area contributed by atoms with Crippen molar-refractivity contribution >= 4 is 22.6 Å². The maximum absolute atomic E-state index is 11.5. The molecule has 0 spiro atoms. The molecule has 2 aromatic carbocycles. The third-order valence-electron chi connectivity index (χ3n) is 3.89. The second-order valence-corrected chi connectivity index (χ2v) is 8.68. The summed E-state index contributed by atoms with van der Waals surface area (Å²) in [6.45, 7) is 2.04. The van der Waals surface area contributed by atoms with E-state index >= 15 is 0 Å². The number of benzene rings is 2. The minimum atomic E-state index is -0.968. The lowest BCUT2D eigenvalue weighted by atomic mass is 9.99. The first-order chi connectivity index (χ1) is 12.6. The fourth-order valence-electron chi connectivity index (χ4n) is 2.59. The van der Waals surface area contributed by atoms with Crippen LogP contribution in [0.4, 0.5) is 0 Å². The Hall–Kier alpha value is -2.42. The van der Waals surface area contributed by atoms with E-state index in [0.717, 1.165) is 22.4 Å². The molecule has 3 nitrogen and oxygen atoms in total. The molecule has 130 valence electrons. The molecule has 0 amide bonds. The molecule has 0 bridgehead atoms. The Bertz CT molecular complexity index is 977. The second kappa shape index (κ2) is 8.31. The zero-order chi connectivity index (χ0) is 18.5. The number of nitriles is 1. The first kappa shape index (κ1) is 18.4. The van der Waals surface area contributed by atoms with E-state index < -0.39 is 10.8 Å². The molecule has 26 heavy (non-hydrogen) atoms. The average molecular weight is 379 g/mol. The molecular formula is C21H18N2OS2. The number of pyridine rings is 1. The predicted octanol–water partition coefficient (Wildman–Crippen LogP) is 5.02. The van der Waals surface area contributed by atoms with Crippen LogP contribution in [0.1, 0.15) is 11.1 Å². The Balaban J connectivity index is 2.19. The van der Waals surface area contributed by atoms with Gasteiger partial charge >= 0.3 is 0 Å². The van der Waals surface area contributed by atoms with E-state index in [0.29, 0.717) is 15.7 Å². The largest absolute Gasteiger partial charge is 0.259 e. The molecular weight excluding hydrogens is 360 g/mol. The second-order valence-electron chi connectivity index (χ2n) is 5.91. The SMILES string of the molecule is Cc1ccc(-c2cc(-c3ccccc3)c(C#N)c(SC[S@](C)=O)n2)cc1. The smallest absolute Gasteiger partial charge is 0.116 e. The Morgan fingerprint density at radius 1 is 1.08 bits per heavy atom. The molecule has 0 fully saturated rings. The molecule has 5 heteroatoms. The van der Waals surface area contributed by atoms with Crippen molar-refractivity contribution in [1.82, 2.24) is 4.98 Å². The van der Waals surface area contributed by atoms with Crippen molar-refractivity contribution < 1.29 is 4.21 Å². The molecule has 1 atom stereocenters. The fraction of sp³-hybridized carbons (Fsp3) is 0.143. The third-order valence-corrected chi connectivity index (χ3v) is 6.26. The van der Waals surface area contributed by atoms with Crippen LogP contribution in [-0.2, 0) is 10.8 Å². The molecule has 1 heterocycles. The maximum atomic E-state index is 11.5. The van der Waals surface area contributed by atoms with Crippen molar-refractivity contribution in [1.29, 1.82) is 5.26 Å². The zero-order valence-electron chi connectivity index (χ0n) is 14.6. The normalized spacial score (nSPS) is 11.7. The summed E-state index contributed by atoms with van der Waals surface area (Å²) < 4.78 is 11.5. The average Bonchev–Trinajstić information content (AvgIpc) is 2.66. The molecule has 0 aliphatic carbocycles. The van der Waals surface area contributed by atoms with Gasteiger partial charge in [0.2, 0.25) is 0 Å². The highest BCUT2D eigenvalue weighted by Crippen LogP contribution is 2.34. The van der Waals surface area contributed by atoms with Gasteiger partial charge in [-0.25, -0.2) is 4.98 Å². The van der Waals surface area contributed by atoms with E-state index in [2.05, 4.69) is 6.07 Å². The zero-order valence-corrected chi connectivity index (χ0v) is 16.2. The number of hydrogen-bond donors (Lipinski definition) is 0. The molecule has 0 radical (unpaired) electrons. The van der Waals surface area contributed by atoms with E-state index in [1.54, 1.807) is 6.26 Å². The standard InChI is InChI=1S/C21H18N2OS2/c1-15-8-10-17(11-9-15)20-12-18(16-6-4-3-5-7-16)19(13-22)21(23-20)25-14-26(2)24/h3-12H,14H2,1-2H3/t26-/m0/s1. The summed E-state index contributed by atoms with van der Waals surface area (Å²) in [5.74, 6) is 0. The summed E-state index contributed by atoms with van der Waals surface area (Å²) in [4.78, 5) is 4.71. The van der Waals surface area contributed by atoms with Gasteiger partial charge in [0.05, 0.1) is 16.3 Å². The van der Waals surface area contributed by atoms with Crippen LogP contribution in [0.5, 0.6) is 0 Å². The minimum Gasteiger partial charge on any atom is -0.259 e. The fourth-order valence-corrected chi connectivity index (χ4v) is 4.16. The highest BCUT2D eigenvalue weighted by molar-refractivity contribution is 8.10. The summed E-state index contributed by atoms with van der Waals surface area (Å²) in [6.07, 6.45) is 1.65. The Morgan fingerprint density at radius 2 is 1.77 bits per heavy atom. The molecule has 0 unspecified atom stereocenters. The highest BCUT2D eigenvalue weighted by atomic mass is 32.2. The van der Waals surface area contributed by atoms with Crippen LogP contribution in [0.25, 0.3) is 22.4 Å². The van der Waals surface area contributed by atoms with Crippen LogP contribution in [-0.4, -0.2) is 20.5 Å². The first-order valence-corrected chi connectivity index (χ1v) is 10.8. The van der Waals surface area contributed by atoms with E-state index in [1.807, 2.05) is 67.6 Å². The summed E-state index contributed by atoms with van der Waals surface area (Å²) in [5.41, 5.74) is 5.34.